The summed E-state index contributed by atoms with van der Waals surface area (Å²) >= 11 is 0. The first kappa shape index (κ1) is 24.6. The predicted octanol–water partition coefficient (Wildman–Crippen LogP) is 4.08. The minimum Gasteiger partial charge on any atom is -0.393 e. The average Bonchev–Trinajstić information content (AvgIpc) is 3.07. The van der Waals surface area contributed by atoms with Crippen LogP contribution in [0.1, 0.15) is 82.0 Å². The third-order valence-electron chi connectivity index (χ3n) is 8.19. The van der Waals surface area contributed by atoms with E-state index >= 15 is 4.39 Å². The number of hydrogen-bond donors (Lipinski definition) is 3. The van der Waals surface area contributed by atoms with Crippen LogP contribution in [-0.2, 0) is 9.84 Å². The average molecular weight is 506 g/mol. The standard InChI is InChI=1S/C26H36FN3O4S/c1-26(2)13-22-24(35(33,34)14-26)18-5-3-4-6-21(18)30(22)16-11-19(27)23(25(28)32)20(12-16)29-15-7-9-17(31)10-8-15/h11-12,15,17-18,21,29,31H,3-10,13-14H2,1-2H3,(H2,28,32). The number of fused-ring (bicyclic) bond motifs is 2. The second-order valence-corrected chi connectivity index (χ2v) is 13.6. The Hall–Kier alpha value is -2.13. The lowest BCUT2D eigenvalue weighted by Crippen LogP contribution is -2.37. The van der Waals surface area contributed by atoms with Gasteiger partial charge in [0.05, 0.1) is 28.0 Å². The molecule has 2 unspecified atom stereocenters. The van der Waals surface area contributed by atoms with E-state index in [9.17, 15) is 18.3 Å². The zero-order valence-electron chi connectivity index (χ0n) is 20.5. The molecule has 0 radical (unpaired) electrons. The van der Waals surface area contributed by atoms with Crippen LogP contribution in [0.5, 0.6) is 0 Å². The number of carbonyl (C=O) groups excluding carboxylic acids is 1. The van der Waals surface area contributed by atoms with Crippen molar-refractivity contribution in [3.63, 3.8) is 0 Å². The Kier molecular flexibility index (Phi) is 6.15. The van der Waals surface area contributed by atoms with Crippen LogP contribution in [0.25, 0.3) is 0 Å². The van der Waals surface area contributed by atoms with Crippen LogP contribution in [-0.4, -0.2) is 43.4 Å². The minimum atomic E-state index is -3.42. The smallest absolute Gasteiger partial charge is 0.253 e. The van der Waals surface area contributed by atoms with Crippen molar-refractivity contribution in [2.24, 2.45) is 17.1 Å². The number of allylic oxidation sites excluding steroid dienone is 1. The SMILES string of the molecule is CC1(C)CC2=C(C3CCCCC3N2c2cc(F)c(C(N)=O)c(NC3CCC(O)CC3)c2)S(=O)(=O)C1. The van der Waals surface area contributed by atoms with E-state index in [0.29, 0.717) is 48.4 Å². The number of nitrogens with zero attached hydrogens (tertiary/aromatic N) is 1. The maximum atomic E-state index is 15.4. The monoisotopic (exact) mass is 505 g/mol. The topological polar surface area (TPSA) is 113 Å². The number of aliphatic hydroxyl groups excluding tert-OH is 1. The molecule has 1 aromatic rings. The molecule has 0 aromatic heterocycles. The van der Waals surface area contributed by atoms with Crippen LogP contribution in [0.3, 0.4) is 0 Å². The molecule has 0 saturated heterocycles. The number of primary amides is 1. The largest absolute Gasteiger partial charge is 0.393 e. The Morgan fingerprint density at radius 3 is 2.51 bits per heavy atom. The molecule has 0 bridgehead atoms. The Morgan fingerprint density at radius 2 is 1.83 bits per heavy atom. The molecule has 2 atom stereocenters. The van der Waals surface area contributed by atoms with Crippen molar-refractivity contribution in [1.29, 1.82) is 0 Å². The summed E-state index contributed by atoms with van der Waals surface area (Å²) in [7, 11) is -3.42. The second kappa shape index (κ2) is 8.76. The first-order valence-electron chi connectivity index (χ1n) is 12.8. The number of halogens is 1. The number of carbonyl (C=O) groups is 1. The highest BCUT2D eigenvalue weighted by Gasteiger charge is 2.51. The van der Waals surface area contributed by atoms with Crippen molar-refractivity contribution in [2.45, 2.75) is 89.8 Å². The third-order valence-corrected chi connectivity index (χ3v) is 10.6. The van der Waals surface area contributed by atoms with Crippen LogP contribution in [0.4, 0.5) is 15.8 Å². The second-order valence-electron chi connectivity index (χ2n) is 11.6. The highest BCUT2D eigenvalue weighted by atomic mass is 32.2. The molecule has 192 valence electrons. The maximum absolute atomic E-state index is 15.4. The van der Waals surface area contributed by atoms with Crippen molar-refractivity contribution >= 4 is 27.1 Å². The number of nitrogens with one attached hydrogen (secondary N) is 1. The van der Waals surface area contributed by atoms with E-state index in [-0.39, 0.29) is 35.4 Å². The molecule has 2 aliphatic heterocycles. The van der Waals surface area contributed by atoms with Crippen LogP contribution in [0, 0.1) is 17.2 Å². The van der Waals surface area contributed by atoms with Gasteiger partial charge in [0, 0.05) is 29.4 Å². The van der Waals surface area contributed by atoms with E-state index in [2.05, 4.69) is 10.2 Å². The van der Waals surface area contributed by atoms with Gasteiger partial charge in [-0.2, -0.15) is 0 Å². The zero-order chi connectivity index (χ0) is 25.1. The first-order chi connectivity index (χ1) is 16.5. The normalized spacial score (nSPS) is 31.6. The molecule has 5 rings (SSSR count). The van der Waals surface area contributed by atoms with E-state index in [1.165, 1.54) is 6.07 Å². The van der Waals surface area contributed by atoms with Crippen molar-refractivity contribution in [2.75, 3.05) is 16.0 Å². The number of benzene rings is 1. The molecule has 1 amide bonds. The third kappa shape index (κ3) is 4.46. The number of nitrogens with two attached hydrogens (primary N) is 1. The molecule has 1 aromatic carbocycles. The predicted molar refractivity (Wildman–Crippen MR) is 134 cm³/mol. The van der Waals surface area contributed by atoms with Gasteiger partial charge in [0.2, 0.25) is 0 Å². The summed E-state index contributed by atoms with van der Waals surface area (Å²) in [5, 5.41) is 13.2. The van der Waals surface area contributed by atoms with Gasteiger partial charge in [-0.25, -0.2) is 12.8 Å². The number of amides is 1. The zero-order valence-corrected chi connectivity index (χ0v) is 21.3. The highest BCUT2D eigenvalue weighted by molar-refractivity contribution is 7.95. The minimum absolute atomic E-state index is 0.00377. The fraction of sp³-hybridized carbons (Fsp3) is 0.654. The quantitative estimate of drug-likeness (QED) is 0.569. The molecule has 9 heteroatoms. The summed E-state index contributed by atoms with van der Waals surface area (Å²) in [5.74, 6) is -1.49. The molecule has 2 fully saturated rings. The van der Waals surface area contributed by atoms with Crippen molar-refractivity contribution in [3.8, 4) is 0 Å². The number of sulfone groups is 1. The van der Waals surface area contributed by atoms with E-state index in [1.807, 2.05) is 13.8 Å². The van der Waals surface area contributed by atoms with Gasteiger partial charge in [0.1, 0.15) is 5.82 Å². The van der Waals surface area contributed by atoms with Gasteiger partial charge < -0.3 is 21.1 Å². The summed E-state index contributed by atoms with van der Waals surface area (Å²) in [6.45, 7) is 3.94. The number of anilines is 2. The van der Waals surface area contributed by atoms with E-state index in [1.54, 1.807) is 6.07 Å². The molecule has 4 N–H and O–H groups in total. The van der Waals surface area contributed by atoms with E-state index in [4.69, 9.17) is 5.73 Å². The van der Waals surface area contributed by atoms with Crippen molar-refractivity contribution in [3.05, 3.63) is 34.1 Å². The van der Waals surface area contributed by atoms with Crippen molar-refractivity contribution < 1.29 is 22.7 Å². The van der Waals surface area contributed by atoms with Crippen molar-refractivity contribution in [1.82, 2.24) is 0 Å². The Balaban J connectivity index is 1.60. The number of rotatable bonds is 4. The molecule has 4 aliphatic rings. The molecule has 7 nitrogen and oxygen atoms in total. The van der Waals surface area contributed by atoms with Crippen LogP contribution < -0.4 is 16.0 Å². The van der Waals surface area contributed by atoms with Crippen LogP contribution in [0.2, 0.25) is 0 Å². The molecule has 0 spiro atoms. The summed E-state index contributed by atoms with van der Waals surface area (Å²) in [6.07, 6.45) is 6.63. The van der Waals surface area contributed by atoms with Gasteiger partial charge >= 0.3 is 0 Å². The Bertz CT molecular complexity index is 1170. The van der Waals surface area contributed by atoms with E-state index < -0.39 is 27.0 Å². The maximum Gasteiger partial charge on any atom is 0.253 e. The van der Waals surface area contributed by atoms with E-state index in [0.717, 1.165) is 31.4 Å². The van der Waals surface area contributed by atoms with Gasteiger partial charge in [0.25, 0.3) is 5.91 Å². The lowest BCUT2D eigenvalue weighted by atomic mass is 9.85. The highest BCUT2D eigenvalue weighted by Crippen LogP contribution is 2.53. The van der Waals surface area contributed by atoms with Gasteiger partial charge in [0.15, 0.2) is 9.84 Å². The molecular formula is C26H36FN3O4S. The van der Waals surface area contributed by atoms with Crippen LogP contribution >= 0.6 is 0 Å². The molecule has 2 aliphatic carbocycles. The molecule has 35 heavy (non-hydrogen) atoms. The fourth-order valence-electron chi connectivity index (χ4n) is 6.82. The Labute approximate surface area is 206 Å². The first-order valence-corrected chi connectivity index (χ1v) is 14.4. The van der Waals surface area contributed by atoms with Gasteiger partial charge in [-0.15, -0.1) is 0 Å². The van der Waals surface area contributed by atoms with Gasteiger partial charge in [-0.05, 0) is 62.5 Å². The van der Waals surface area contributed by atoms with Crippen LogP contribution in [0.15, 0.2) is 22.7 Å². The number of aliphatic hydroxyl groups is 1. The van der Waals surface area contributed by atoms with Gasteiger partial charge in [-0.3, -0.25) is 4.79 Å². The summed E-state index contributed by atoms with van der Waals surface area (Å²) < 4.78 is 42.3. The Morgan fingerprint density at radius 1 is 1.14 bits per heavy atom. The lowest BCUT2D eigenvalue weighted by Gasteiger charge is -2.37. The molecule has 2 saturated carbocycles. The lowest BCUT2D eigenvalue weighted by molar-refractivity contribution is 0.0996. The molecule has 2 heterocycles. The summed E-state index contributed by atoms with van der Waals surface area (Å²) in [6, 6.07) is 3.07. The van der Waals surface area contributed by atoms with Gasteiger partial charge in [-0.1, -0.05) is 26.7 Å². The molecular weight excluding hydrogens is 469 g/mol. The fourth-order valence-corrected chi connectivity index (χ4v) is 9.37. The summed E-state index contributed by atoms with van der Waals surface area (Å²) in [5.41, 5.74) is 6.67. The number of hydrogen-bond acceptors (Lipinski definition) is 6. The summed E-state index contributed by atoms with van der Waals surface area (Å²) in [4.78, 5) is 14.8.